The van der Waals surface area contributed by atoms with E-state index in [-0.39, 0.29) is 5.78 Å². The molecule has 3 nitrogen and oxygen atoms in total. The molecule has 17 heavy (non-hydrogen) atoms. The monoisotopic (exact) mass is 238 g/mol. The first kappa shape index (κ1) is 15.9. The molecular weight excluding hydrogens is 212 g/mol. The van der Waals surface area contributed by atoms with Gasteiger partial charge in [-0.05, 0) is 25.3 Å². The molecular formula is C14H26N2O. The van der Waals surface area contributed by atoms with E-state index >= 15 is 0 Å². The molecule has 1 rings (SSSR count). The third-order valence-electron chi connectivity index (χ3n) is 2.74. The molecule has 0 aliphatic heterocycles. The number of carbonyl (C=O) groups is 1. The van der Waals surface area contributed by atoms with Gasteiger partial charge in [-0.15, -0.1) is 0 Å². The largest absolute Gasteiger partial charge is 0.298 e. The fraction of sp³-hybridized carbons (Fsp3) is 0.714. The second-order valence-corrected chi connectivity index (χ2v) is 4.29. The molecule has 0 radical (unpaired) electrons. The Balaban J connectivity index is 0.00000121. The minimum atomic E-state index is 0.232. The van der Waals surface area contributed by atoms with E-state index in [9.17, 15) is 4.79 Å². The number of ketones is 1. The van der Waals surface area contributed by atoms with Crippen molar-refractivity contribution in [2.75, 3.05) is 0 Å². The number of Topliss-reactive ketones (excluding diaryl/α,β-unsaturated/α-hetero) is 1. The van der Waals surface area contributed by atoms with Crippen molar-refractivity contribution in [2.24, 2.45) is 0 Å². The van der Waals surface area contributed by atoms with Gasteiger partial charge in [-0.2, -0.15) is 5.10 Å². The van der Waals surface area contributed by atoms with Crippen LogP contribution in [-0.4, -0.2) is 15.6 Å². The average Bonchev–Trinajstić information content (AvgIpc) is 2.56. The number of aromatic nitrogens is 2. The first-order chi connectivity index (χ1) is 7.97. The van der Waals surface area contributed by atoms with Gasteiger partial charge < -0.3 is 0 Å². The molecule has 0 atom stereocenters. The van der Waals surface area contributed by atoms with E-state index < -0.39 is 0 Å². The Kier molecular flexibility index (Phi) is 6.78. The van der Waals surface area contributed by atoms with Crippen molar-refractivity contribution in [1.29, 1.82) is 0 Å². The minimum Gasteiger partial charge on any atom is -0.298 e. The molecule has 0 unspecified atom stereocenters. The van der Waals surface area contributed by atoms with Gasteiger partial charge in [0.05, 0.1) is 12.2 Å². The van der Waals surface area contributed by atoms with Crippen LogP contribution in [0.3, 0.4) is 0 Å². The molecule has 0 saturated heterocycles. The van der Waals surface area contributed by atoms with E-state index in [2.05, 4.69) is 18.9 Å². The maximum atomic E-state index is 11.4. The quantitative estimate of drug-likeness (QED) is 0.803. The summed E-state index contributed by atoms with van der Waals surface area (Å²) < 4.78 is 1.83. The Labute approximate surface area is 105 Å². The summed E-state index contributed by atoms with van der Waals surface area (Å²) in [5, 5.41) is 4.42. The molecule has 0 bridgehead atoms. The van der Waals surface area contributed by atoms with Crippen LogP contribution in [0.1, 0.15) is 63.9 Å². The van der Waals surface area contributed by atoms with Crippen molar-refractivity contribution in [1.82, 2.24) is 9.78 Å². The summed E-state index contributed by atoms with van der Waals surface area (Å²) in [5.41, 5.74) is 3.45. The Morgan fingerprint density at radius 2 is 1.82 bits per heavy atom. The number of nitrogens with zero attached hydrogens (tertiary/aromatic N) is 2. The summed E-state index contributed by atoms with van der Waals surface area (Å²) in [6.07, 6.45) is 0.579. The topological polar surface area (TPSA) is 34.9 Å². The predicted octanol–water partition coefficient (Wildman–Crippen LogP) is 3.63. The van der Waals surface area contributed by atoms with E-state index in [1.54, 1.807) is 0 Å². The normalized spacial score (nSPS) is 10.1. The van der Waals surface area contributed by atoms with Crippen molar-refractivity contribution in [3.63, 3.8) is 0 Å². The van der Waals surface area contributed by atoms with Crippen LogP contribution in [0, 0.1) is 13.8 Å². The zero-order valence-corrected chi connectivity index (χ0v) is 12.3. The van der Waals surface area contributed by atoms with Crippen LogP contribution in [0.15, 0.2) is 0 Å². The highest BCUT2D eigenvalue weighted by Crippen LogP contribution is 2.22. The number of hydrogen-bond acceptors (Lipinski definition) is 2. The van der Waals surface area contributed by atoms with E-state index in [0.29, 0.717) is 18.9 Å². The molecule has 0 amide bonds. The van der Waals surface area contributed by atoms with Crippen molar-refractivity contribution < 1.29 is 4.79 Å². The molecule has 0 aliphatic carbocycles. The molecule has 0 aromatic carbocycles. The molecule has 0 aliphatic rings. The standard InChI is InChI=1S/C12H20N2O.C2H6/c1-6-11(15)7-14-10(5)12(8(2)3)9(4)13-14;1-2/h8H,6-7H2,1-5H3;1-2H3. The SMILES string of the molecule is CC.CCC(=O)Cn1nc(C)c(C(C)C)c1C. The van der Waals surface area contributed by atoms with Gasteiger partial charge in [0, 0.05) is 12.1 Å². The van der Waals surface area contributed by atoms with Gasteiger partial charge in [-0.1, -0.05) is 34.6 Å². The Morgan fingerprint density at radius 1 is 1.29 bits per heavy atom. The third-order valence-corrected chi connectivity index (χ3v) is 2.74. The number of hydrogen-bond donors (Lipinski definition) is 0. The zero-order chi connectivity index (χ0) is 13.6. The van der Waals surface area contributed by atoms with Crippen LogP contribution in [0.2, 0.25) is 0 Å². The molecule has 1 heterocycles. The summed E-state index contributed by atoms with van der Waals surface area (Å²) >= 11 is 0. The van der Waals surface area contributed by atoms with Gasteiger partial charge in [0.25, 0.3) is 0 Å². The molecule has 0 spiro atoms. The summed E-state index contributed by atoms with van der Waals surface area (Å²) in [6, 6.07) is 0. The Hall–Kier alpha value is -1.12. The van der Waals surface area contributed by atoms with Crippen molar-refractivity contribution in [3.8, 4) is 0 Å². The lowest BCUT2D eigenvalue weighted by Gasteiger charge is -2.06. The van der Waals surface area contributed by atoms with Crippen LogP contribution in [0.4, 0.5) is 0 Å². The lowest BCUT2D eigenvalue weighted by molar-refractivity contribution is -0.119. The van der Waals surface area contributed by atoms with Crippen LogP contribution < -0.4 is 0 Å². The second-order valence-electron chi connectivity index (χ2n) is 4.29. The fourth-order valence-electron chi connectivity index (χ4n) is 1.98. The summed E-state index contributed by atoms with van der Waals surface area (Å²) in [4.78, 5) is 11.4. The van der Waals surface area contributed by atoms with Crippen LogP contribution in [-0.2, 0) is 11.3 Å². The smallest absolute Gasteiger partial charge is 0.154 e. The minimum absolute atomic E-state index is 0.232. The second kappa shape index (κ2) is 7.25. The van der Waals surface area contributed by atoms with Crippen molar-refractivity contribution >= 4 is 5.78 Å². The summed E-state index contributed by atoms with van der Waals surface area (Å²) in [5.74, 6) is 0.700. The number of aryl methyl sites for hydroxylation is 1. The fourth-order valence-corrected chi connectivity index (χ4v) is 1.98. The van der Waals surface area contributed by atoms with Gasteiger partial charge in [-0.25, -0.2) is 0 Å². The summed E-state index contributed by atoms with van der Waals surface area (Å²) in [7, 11) is 0. The Bertz CT molecular complexity index is 365. The van der Waals surface area contributed by atoms with Crippen molar-refractivity contribution in [3.05, 3.63) is 17.0 Å². The predicted molar refractivity (Wildman–Crippen MR) is 72.4 cm³/mol. The molecule has 1 aromatic rings. The van der Waals surface area contributed by atoms with E-state index in [1.165, 1.54) is 5.56 Å². The Morgan fingerprint density at radius 3 is 2.18 bits per heavy atom. The lowest BCUT2D eigenvalue weighted by atomic mass is 10.0. The van der Waals surface area contributed by atoms with E-state index in [4.69, 9.17) is 0 Å². The third kappa shape index (κ3) is 3.99. The first-order valence-electron chi connectivity index (χ1n) is 6.53. The van der Waals surface area contributed by atoms with Gasteiger partial charge >= 0.3 is 0 Å². The maximum Gasteiger partial charge on any atom is 0.154 e. The van der Waals surface area contributed by atoms with E-state index in [0.717, 1.165) is 11.4 Å². The average molecular weight is 238 g/mol. The van der Waals surface area contributed by atoms with Gasteiger partial charge in [-0.3, -0.25) is 9.48 Å². The first-order valence-corrected chi connectivity index (χ1v) is 6.53. The summed E-state index contributed by atoms with van der Waals surface area (Å²) in [6.45, 7) is 14.7. The molecule has 98 valence electrons. The van der Waals surface area contributed by atoms with Crippen molar-refractivity contribution in [2.45, 2.75) is 67.3 Å². The van der Waals surface area contributed by atoms with Crippen LogP contribution in [0.25, 0.3) is 0 Å². The highest BCUT2D eigenvalue weighted by molar-refractivity contribution is 5.77. The number of carbonyl (C=O) groups excluding carboxylic acids is 1. The molecule has 3 heteroatoms. The van der Waals surface area contributed by atoms with Gasteiger partial charge in [0.2, 0.25) is 0 Å². The highest BCUT2D eigenvalue weighted by atomic mass is 16.1. The van der Waals surface area contributed by atoms with Crippen LogP contribution in [0.5, 0.6) is 0 Å². The highest BCUT2D eigenvalue weighted by Gasteiger charge is 2.15. The van der Waals surface area contributed by atoms with E-state index in [1.807, 2.05) is 39.3 Å². The zero-order valence-electron chi connectivity index (χ0n) is 12.3. The number of rotatable bonds is 4. The molecule has 1 aromatic heterocycles. The molecule has 0 N–H and O–H groups in total. The van der Waals surface area contributed by atoms with Gasteiger partial charge in [0.15, 0.2) is 5.78 Å². The maximum absolute atomic E-state index is 11.4. The van der Waals surface area contributed by atoms with Gasteiger partial charge in [0.1, 0.15) is 0 Å². The molecule has 0 saturated carbocycles. The molecule has 0 fully saturated rings. The lowest BCUT2D eigenvalue weighted by Crippen LogP contribution is -2.11. The van der Waals surface area contributed by atoms with Crippen LogP contribution >= 0.6 is 0 Å².